The van der Waals surface area contributed by atoms with Gasteiger partial charge in [0.05, 0.1) is 16.8 Å². The Morgan fingerprint density at radius 2 is 2.21 bits per heavy atom. The molecule has 14 heavy (non-hydrogen) atoms. The van der Waals surface area contributed by atoms with E-state index < -0.39 is 0 Å². The predicted molar refractivity (Wildman–Crippen MR) is 58.6 cm³/mol. The van der Waals surface area contributed by atoms with Crippen LogP contribution in [-0.4, -0.2) is 16.2 Å². The predicted octanol–water partition coefficient (Wildman–Crippen LogP) is 2.46. The summed E-state index contributed by atoms with van der Waals surface area (Å²) in [4.78, 5) is 5.83. The highest BCUT2D eigenvalue weighted by Crippen LogP contribution is 2.30. The van der Waals surface area contributed by atoms with Crippen molar-refractivity contribution in [3.63, 3.8) is 0 Å². The maximum atomic E-state index is 9.70. The maximum absolute atomic E-state index is 9.70. The minimum atomic E-state index is -0.0838. The van der Waals surface area contributed by atoms with Crippen molar-refractivity contribution in [1.29, 1.82) is 0 Å². The third kappa shape index (κ3) is 1.98. The summed E-state index contributed by atoms with van der Waals surface area (Å²) < 4.78 is 0. The van der Waals surface area contributed by atoms with Gasteiger partial charge in [-0.25, -0.2) is 4.98 Å². The van der Waals surface area contributed by atoms with Gasteiger partial charge in [-0.15, -0.1) is 11.3 Å². The number of nitrogens with zero attached hydrogens (tertiary/aromatic N) is 1. The topological polar surface area (TPSA) is 33.1 Å². The fraction of sp³-hybridized carbons (Fsp3) is 0.727. The first kappa shape index (κ1) is 10.1. The molecular weight excluding hydrogens is 194 g/mol. The lowest BCUT2D eigenvalue weighted by Gasteiger charge is -2.11. The first-order valence-electron chi connectivity index (χ1n) is 5.28. The van der Waals surface area contributed by atoms with Crippen LogP contribution in [0.2, 0.25) is 0 Å². The normalized spacial score (nSPS) is 27.1. The average Bonchev–Trinajstić information content (AvgIpc) is 2.63. The van der Waals surface area contributed by atoms with E-state index in [0.29, 0.717) is 5.92 Å². The first-order chi connectivity index (χ1) is 6.66. The first-order valence-corrected chi connectivity index (χ1v) is 6.09. The van der Waals surface area contributed by atoms with Crippen LogP contribution in [0, 0.1) is 19.8 Å². The van der Waals surface area contributed by atoms with E-state index in [1.54, 1.807) is 11.3 Å². The lowest BCUT2D eigenvalue weighted by Crippen LogP contribution is -2.15. The Labute approximate surface area is 89.0 Å². The summed E-state index contributed by atoms with van der Waals surface area (Å²) in [5.74, 6) is 0.458. The number of aromatic nitrogens is 1. The molecule has 78 valence electrons. The fourth-order valence-corrected chi connectivity index (χ4v) is 3.13. The quantitative estimate of drug-likeness (QED) is 0.815. The van der Waals surface area contributed by atoms with Gasteiger partial charge in [-0.3, -0.25) is 0 Å². The van der Waals surface area contributed by atoms with E-state index in [1.165, 1.54) is 22.7 Å². The van der Waals surface area contributed by atoms with E-state index in [0.717, 1.165) is 18.5 Å². The minimum absolute atomic E-state index is 0.0838. The molecule has 2 atom stereocenters. The second-order valence-electron chi connectivity index (χ2n) is 4.21. The Kier molecular flexibility index (Phi) is 2.88. The molecule has 1 N–H and O–H groups in total. The van der Waals surface area contributed by atoms with Crippen LogP contribution in [0.15, 0.2) is 0 Å². The molecule has 0 spiro atoms. The van der Waals surface area contributed by atoms with Crippen LogP contribution in [0.5, 0.6) is 0 Å². The summed E-state index contributed by atoms with van der Waals surface area (Å²) in [6.45, 7) is 4.17. The second-order valence-corrected chi connectivity index (χ2v) is 5.50. The summed E-state index contributed by atoms with van der Waals surface area (Å²) >= 11 is 1.78. The number of hydrogen-bond acceptors (Lipinski definition) is 3. The molecule has 1 fully saturated rings. The molecule has 1 aromatic rings. The third-order valence-electron chi connectivity index (χ3n) is 3.13. The number of aliphatic hydroxyl groups excluding tert-OH is 1. The van der Waals surface area contributed by atoms with Crippen molar-refractivity contribution < 1.29 is 5.11 Å². The van der Waals surface area contributed by atoms with Gasteiger partial charge in [0.15, 0.2) is 0 Å². The lowest BCUT2D eigenvalue weighted by molar-refractivity contribution is 0.132. The van der Waals surface area contributed by atoms with E-state index in [1.807, 2.05) is 0 Å². The number of rotatable bonds is 2. The highest BCUT2D eigenvalue weighted by molar-refractivity contribution is 7.11. The van der Waals surface area contributed by atoms with Gasteiger partial charge in [0.25, 0.3) is 0 Å². The van der Waals surface area contributed by atoms with Crippen molar-refractivity contribution in [2.24, 2.45) is 5.92 Å². The molecule has 0 aromatic carbocycles. The van der Waals surface area contributed by atoms with Gasteiger partial charge in [-0.2, -0.15) is 0 Å². The highest BCUT2D eigenvalue weighted by Gasteiger charge is 2.26. The van der Waals surface area contributed by atoms with Gasteiger partial charge in [0, 0.05) is 11.3 Å². The Morgan fingerprint density at radius 3 is 2.71 bits per heavy atom. The molecule has 1 heterocycles. The van der Waals surface area contributed by atoms with Crippen LogP contribution in [0.25, 0.3) is 0 Å². The monoisotopic (exact) mass is 211 g/mol. The molecule has 1 aliphatic carbocycles. The molecule has 0 aliphatic heterocycles. The van der Waals surface area contributed by atoms with Gasteiger partial charge < -0.3 is 5.11 Å². The van der Waals surface area contributed by atoms with Crippen molar-refractivity contribution in [2.75, 3.05) is 0 Å². The summed E-state index contributed by atoms with van der Waals surface area (Å²) in [5, 5.41) is 10.9. The number of hydrogen-bond donors (Lipinski definition) is 1. The van der Waals surface area contributed by atoms with Crippen molar-refractivity contribution in [3.05, 3.63) is 15.6 Å². The van der Waals surface area contributed by atoms with E-state index in [-0.39, 0.29) is 6.10 Å². The molecule has 2 unspecified atom stereocenters. The van der Waals surface area contributed by atoms with E-state index >= 15 is 0 Å². The molecular formula is C11H17NOS. The molecule has 0 bridgehead atoms. The van der Waals surface area contributed by atoms with Crippen LogP contribution in [-0.2, 0) is 6.42 Å². The zero-order valence-corrected chi connectivity index (χ0v) is 9.60. The van der Waals surface area contributed by atoms with Gasteiger partial charge in [0.1, 0.15) is 0 Å². The average molecular weight is 211 g/mol. The Hall–Kier alpha value is -0.410. The molecule has 1 aliphatic rings. The second kappa shape index (κ2) is 3.99. The summed E-state index contributed by atoms with van der Waals surface area (Å²) in [7, 11) is 0. The summed E-state index contributed by atoms with van der Waals surface area (Å²) in [6.07, 6.45) is 4.21. The molecule has 1 aromatic heterocycles. The molecule has 3 heteroatoms. The Bertz CT molecular complexity index is 302. The van der Waals surface area contributed by atoms with Crippen molar-refractivity contribution >= 4 is 11.3 Å². The third-order valence-corrected chi connectivity index (χ3v) is 4.22. The molecule has 1 saturated carbocycles. The van der Waals surface area contributed by atoms with E-state index in [4.69, 9.17) is 0 Å². The molecule has 0 saturated heterocycles. The van der Waals surface area contributed by atoms with Crippen LogP contribution in [0.1, 0.15) is 34.8 Å². The van der Waals surface area contributed by atoms with Crippen molar-refractivity contribution in [1.82, 2.24) is 4.98 Å². The molecule has 0 radical (unpaired) electrons. The van der Waals surface area contributed by atoms with E-state index in [2.05, 4.69) is 18.8 Å². The smallest absolute Gasteiger partial charge is 0.0934 e. The molecule has 2 rings (SSSR count). The largest absolute Gasteiger partial charge is 0.393 e. The Morgan fingerprint density at radius 1 is 1.43 bits per heavy atom. The summed E-state index contributed by atoms with van der Waals surface area (Å²) in [6, 6.07) is 0. The van der Waals surface area contributed by atoms with Crippen molar-refractivity contribution in [3.8, 4) is 0 Å². The molecule has 0 amide bonds. The maximum Gasteiger partial charge on any atom is 0.0934 e. The van der Waals surface area contributed by atoms with Crippen LogP contribution in [0.4, 0.5) is 0 Å². The van der Waals surface area contributed by atoms with Gasteiger partial charge in [-0.05, 0) is 32.6 Å². The van der Waals surface area contributed by atoms with Crippen LogP contribution in [0.3, 0.4) is 0 Å². The highest BCUT2D eigenvalue weighted by atomic mass is 32.1. The standard InChI is InChI=1S/C11H17NOS/c1-7-8(2)14-11(12-7)6-9-4-3-5-10(9)13/h9-10,13H,3-6H2,1-2H3. The Balaban J connectivity index is 2.03. The lowest BCUT2D eigenvalue weighted by atomic mass is 10.0. The zero-order chi connectivity index (χ0) is 10.1. The number of thiazole rings is 1. The van der Waals surface area contributed by atoms with Gasteiger partial charge >= 0.3 is 0 Å². The van der Waals surface area contributed by atoms with Crippen molar-refractivity contribution in [2.45, 2.75) is 45.6 Å². The van der Waals surface area contributed by atoms with Gasteiger partial charge in [-0.1, -0.05) is 6.42 Å². The summed E-state index contributed by atoms with van der Waals surface area (Å²) in [5.41, 5.74) is 1.15. The fourth-order valence-electron chi connectivity index (χ4n) is 2.11. The zero-order valence-electron chi connectivity index (χ0n) is 8.79. The molecule has 2 nitrogen and oxygen atoms in total. The van der Waals surface area contributed by atoms with Crippen LogP contribution >= 0.6 is 11.3 Å². The SMILES string of the molecule is Cc1nc(CC2CCCC2O)sc1C. The minimum Gasteiger partial charge on any atom is -0.393 e. The number of aryl methyl sites for hydroxylation is 2. The van der Waals surface area contributed by atoms with E-state index in [9.17, 15) is 5.11 Å². The van der Waals surface area contributed by atoms with Gasteiger partial charge in [0.2, 0.25) is 0 Å². The van der Waals surface area contributed by atoms with Crippen LogP contribution < -0.4 is 0 Å². The number of aliphatic hydroxyl groups is 1.